The molecule has 0 aromatic heterocycles. The third kappa shape index (κ3) is 3.04. The van der Waals surface area contributed by atoms with Gasteiger partial charge in [0, 0.05) is 5.56 Å². The van der Waals surface area contributed by atoms with Gasteiger partial charge in [0.1, 0.15) is 11.4 Å². The van der Waals surface area contributed by atoms with Crippen molar-refractivity contribution in [3.63, 3.8) is 0 Å². The van der Waals surface area contributed by atoms with E-state index in [0.29, 0.717) is 17.5 Å². The molecule has 0 aliphatic carbocycles. The van der Waals surface area contributed by atoms with Gasteiger partial charge < -0.3 is 5.32 Å². The molecular weight excluding hydrogens is 219 g/mol. The van der Waals surface area contributed by atoms with Crippen LogP contribution in [0.15, 0.2) is 18.2 Å². The molecule has 3 nitrogen and oxygen atoms in total. The molecule has 0 aliphatic rings. The molecule has 1 N–H and O–H groups in total. The number of nitrogens with zero attached hydrogens (tertiary/aromatic N) is 1. The summed E-state index contributed by atoms with van der Waals surface area (Å²) in [6.07, 6.45) is 0.509. The van der Waals surface area contributed by atoms with Crippen LogP contribution in [0.3, 0.4) is 0 Å². The van der Waals surface area contributed by atoms with Crippen molar-refractivity contribution in [2.45, 2.75) is 32.7 Å². The van der Waals surface area contributed by atoms with Gasteiger partial charge in [-0.15, -0.1) is 0 Å². The Labute approximate surface area is 100 Å². The zero-order chi connectivity index (χ0) is 13.1. The minimum Gasteiger partial charge on any atom is -0.334 e. The number of carbonyl (C=O) groups is 1. The number of rotatable bonds is 3. The lowest BCUT2D eigenvalue weighted by atomic mass is 10.00. The van der Waals surface area contributed by atoms with Crippen molar-refractivity contribution in [2.24, 2.45) is 0 Å². The van der Waals surface area contributed by atoms with E-state index in [4.69, 9.17) is 5.26 Å². The standard InChI is InChI=1S/C13H15FN2O/c1-4-13(3,8-15)16-12(17)10-5-6-11(14)9(2)7-10/h5-7H,4H2,1-3H3,(H,16,17). The smallest absolute Gasteiger partial charge is 0.252 e. The van der Waals surface area contributed by atoms with Crippen molar-refractivity contribution < 1.29 is 9.18 Å². The summed E-state index contributed by atoms with van der Waals surface area (Å²) in [5, 5.41) is 11.6. The van der Waals surface area contributed by atoms with E-state index in [1.54, 1.807) is 13.8 Å². The van der Waals surface area contributed by atoms with Gasteiger partial charge in [-0.1, -0.05) is 6.92 Å². The lowest BCUT2D eigenvalue weighted by Gasteiger charge is -2.21. The Morgan fingerprint density at radius 2 is 2.24 bits per heavy atom. The number of nitrogens with one attached hydrogen (secondary N) is 1. The molecule has 0 heterocycles. The maximum atomic E-state index is 13.0. The fraction of sp³-hybridized carbons (Fsp3) is 0.385. The summed E-state index contributed by atoms with van der Waals surface area (Å²) in [7, 11) is 0. The molecule has 90 valence electrons. The van der Waals surface area contributed by atoms with Gasteiger partial charge in [0.05, 0.1) is 6.07 Å². The Morgan fingerprint density at radius 3 is 2.71 bits per heavy atom. The summed E-state index contributed by atoms with van der Waals surface area (Å²) in [5.41, 5.74) is -0.119. The molecule has 0 saturated carbocycles. The van der Waals surface area contributed by atoms with E-state index in [0.717, 1.165) is 0 Å². The molecule has 1 unspecified atom stereocenters. The van der Waals surface area contributed by atoms with E-state index in [1.165, 1.54) is 18.2 Å². The third-order valence-electron chi connectivity index (χ3n) is 2.76. The molecule has 0 aliphatic heterocycles. The number of aryl methyl sites for hydroxylation is 1. The normalized spacial score (nSPS) is 13.6. The van der Waals surface area contributed by atoms with Crippen LogP contribution in [0, 0.1) is 24.1 Å². The lowest BCUT2D eigenvalue weighted by Crippen LogP contribution is -2.44. The summed E-state index contributed by atoms with van der Waals surface area (Å²) >= 11 is 0. The van der Waals surface area contributed by atoms with Crippen molar-refractivity contribution in [3.05, 3.63) is 35.1 Å². The van der Waals surface area contributed by atoms with Crippen molar-refractivity contribution in [2.75, 3.05) is 0 Å². The highest BCUT2D eigenvalue weighted by atomic mass is 19.1. The van der Waals surface area contributed by atoms with Crippen molar-refractivity contribution in [1.82, 2.24) is 5.32 Å². The number of benzene rings is 1. The Balaban J connectivity index is 2.91. The van der Waals surface area contributed by atoms with Crippen LogP contribution in [-0.2, 0) is 0 Å². The van der Waals surface area contributed by atoms with Crippen molar-refractivity contribution in [1.29, 1.82) is 5.26 Å². The van der Waals surface area contributed by atoms with Gasteiger partial charge >= 0.3 is 0 Å². The highest BCUT2D eigenvalue weighted by Crippen LogP contribution is 2.12. The van der Waals surface area contributed by atoms with Crippen LogP contribution in [0.25, 0.3) is 0 Å². The Bertz CT molecular complexity index is 479. The Morgan fingerprint density at radius 1 is 1.59 bits per heavy atom. The SMILES string of the molecule is CCC(C)(C#N)NC(=O)c1ccc(F)c(C)c1. The molecule has 0 saturated heterocycles. The monoisotopic (exact) mass is 234 g/mol. The molecule has 0 fully saturated rings. The average molecular weight is 234 g/mol. The van der Waals surface area contributed by atoms with Crippen LogP contribution >= 0.6 is 0 Å². The number of nitriles is 1. The van der Waals surface area contributed by atoms with E-state index in [1.807, 2.05) is 13.0 Å². The van der Waals surface area contributed by atoms with Gasteiger partial charge in [-0.05, 0) is 44.0 Å². The molecule has 1 aromatic rings. The minimum absolute atomic E-state index is 0.347. The van der Waals surface area contributed by atoms with E-state index in [-0.39, 0.29) is 11.7 Å². The summed E-state index contributed by atoms with van der Waals surface area (Å²) in [6.45, 7) is 5.07. The second kappa shape index (κ2) is 4.96. The van der Waals surface area contributed by atoms with Gasteiger partial charge in [-0.25, -0.2) is 4.39 Å². The van der Waals surface area contributed by atoms with Crippen molar-refractivity contribution in [3.8, 4) is 6.07 Å². The van der Waals surface area contributed by atoms with E-state index in [9.17, 15) is 9.18 Å². The number of hydrogen-bond acceptors (Lipinski definition) is 2. The third-order valence-corrected chi connectivity index (χ3v) is 2.76. The van der Waals surface area contributed by atoms with Crippen LogP contribution < -0.4 is 5.32 Å². The quantitative estimate of drug-likeness (QED) is 0.873. The molecular formula is C13H15FN2O. The highest BCUT2D eigenvalue weighted by Gasteiger charge is 2.24. The molecule has 1 aromatic carbocycles. The average Bonchev–Trinajstić information content (AvgIpc) is 2.32. The van der Waals surface area contributed by atoms with Crippen LogP contribution in [0.4, 0.5) is 4.39 Å². The van der Waals surface area contributed by atoms with Gasteiger partial charge in [-0.3, -0.25) is 4.79 Å². The Hall–Kier alpha value is -1.89. The number of halogens is 1. The molecule has 1 rings (SSSR count). The van der Waals surface area contributed by atoms with Crippen LogP contribution in [0.1, 0.15) is 36.2 Å². The van der Waals surface area contributed by atoms with Gasteiger partial charge in [0.2, 0.25) is 0 Å². The van der Waals surface area contributed by atoms with Crippen LogP contribution in [-0.4, -0.2) is 11.4 Å². The first kappa shape index (κ1) is 13.2. The molecule has 1 atom stereocenters. The summed E-state index contributed by atoms with van der Waals surface area (Å²) in [4.78, 5) is 11.9. The summed E-state index contributed by atoms with van der Waals surface area (Å²) in [6, 6.07) is 6.18. The van der Waals surface area contributed by atoms with Gasteiger partial charge in [-0.2, -0.15) is 5.26 Å². The number of hydrogen-bond donors (Lipinski definition) is 1. The van der Waals surface area contributed by atoms with Gasteiger partial charge in [0.15, 0.2) is 0 Å². The molecule has 0 bridgehead atoms. The minimum atomic E-state index is -0.890. The first-order valence-corrected chi connectivity index (χ1v) is 5.42. The molecule has 0 radical (unpaired) electrons. The number of amides is 1. The summed E-state index contributed by atoms with van der Waals surface area (Å²) < 4.78 is 13.0. The fourth-order valence-corrected chi connectivity index (χ4v) is 1.30. The largest absolute Gasteiger partial charge is 0.334 e. The number of carbonyl (C=O) groups excluding carboxylic acids is 1. The first-order valence-electron chi connectivity index (χ1n) is 5.42. The zero-order valence-corrected chi connectivity index (χ0v) is 10.2. The second-order valence-electron chi connectivity index (χ2n) is 4.22. The van der Waals surface area contributed by atoms with Gasteiger partial charge in [0.25, 0.3) is 5.91 Å². The lowest BCUT2D eigenvalue weighted by molar-refractivity contribution is 0.0923. The molecule has 0 spiro atoms. The molecule has 4 heteroatoms. The maximum absolute atomic E-state index is 13.0. The second-order valence-corrected chi connectivity index (χ2v) is 4.22. The molecule has 17 heavy (non-hydrogen) atoms. The first-order chi connectivity index (χ1) is 7.91. The zero-order valence-electron chi connectivity index (χ0n) is 10.2. The Kier molecular flexibility index (Phi) is 3.84. The predicted octanol–water partition coefficient (Wildman–Crippen LogP) is 2.56. The summed E-state index contributed by atoms with van der Waals surface area (Å²) in [5.74, 6) is -0.709. The highest BCUT2D eigenvalue weighted by molar-refractivity contribution is 5.95. The fourth-order valence-electron chi connectivity index (χ4n) is 1.30. The van der Waals surface area contributed by atoms with Crippen molar-refractivity contribution >= 4 is 5.91 Å². The van der Waals surface area contributed by atoms with E-state index >= 15 is 0 Å². The van der Waals surface area contributed by atoms with Crippen LogP contribution in [0.5, 0.6) is 0 Å². The topological polar surface area (TPSA) is 52.9 Å². The molecule has 1 amide bonds. The van der Waals surface area contributed by atoms with E-state index < -0.39 is 5.54 Å². The van der Waals surface area contributed by atoms with Crippen LogP contribution in [0.2, 0.25) is 0 Å². The predicted molar refractivity (Wildman–Crippen MR) is 62.9 cm³/mol. The maximum Gasteiger partial charge on any atom is 0.252 e. The van der Waals surface area contributed by atoms with E-state index in [2.05, 4.69) is 5.32 Å².